The molecule has 0 aromatic heterocycles. The Balaban J connectivity index is 1.92. The van der Waals surface area contributed by atoms with Gasteiger partial charge in [-0.15, -0.1) is 0 Å². The number of aliphatic hydroxyl groups is 5. The Morgan fingerprint density at radius 3 is 2.21 bits per heavy atom. The van der Waals surface area contributed by atoms with Crippen LogP contribution in [0.3, 0.4) is 0 Å². The third-order valence-corrected chi connectivity index (χ3v) is 5.72. The van der Waals surface area contributed by atoms with Gasteiger partial charge in [-0.25, -0.2) is 0 Å². The van der Waals surface area contributed by atoms with Gasteiger partial charge in [0.25, 0.3) is 0 Å². The molecule has 6 atom stereocenters. The average molecular weight is 493 g/mol. The summed E-state index contributed by atoms with van der Waals surface area (Å²) < 4.78 is 49.7. The van der Waals surface area contributed by atoms with Crippen LogP contribution in [0.2, 0.25) is 5.02 Å². The number of benzene rings is 2. The molecule has 2 aromatic carbocycles. The molecule has 5 N–H and O–H groups in total. The van der Waals surface area contributed by atoms with E-state index in [0.717, 1.165) is 12.1 Å². The van der Waals surface area contributed by atoms with E-state index in [9.17, 15) is 38.7 Å². The highest BCUT2D eigenvalue weighted by Crippen LogP contribution is 2.35. The van der Waals surface area contributed by atoms with Crippen LogP contribution in [0, 0.1) is 0 Å². The molecule has 3 rings (SSSR count). The number of halogens is 4. The maximum absolute atomic E-state index is 12.8. The van der Waals surface area contributed by atoms with Crippen molar-refractivity contribution in [3.8, 4) is 5.75 Å². The maximum atomic E-state index is 12.8. The molecule has 1 aliphatic heterocycles. The summed E-state index contributed by atoms with van der Waals surface area (Å²) in [6, 6.07) is 7.33. The van der Waals surface area contributed by atoms with Crippen LogP contribution in [0.4, 0.5) is 13.2 Å². The average Bonchev–Trinajstić information content (AvgIpc) is 2.75. The van der Waals surface area contributed by atoms with E-state index >= 15 is 0 Å². The van der Waals surface area contributed by atoms with Gasteiger partial charge in [0.15, 0.2) is 0 Å². The molecule has 33 heavy (non-hydrogen) atoms. The predicted molar refractivity (Wildman–Crippen MR) is 111 cm³/mol. The zero-order valence-electron chi connectivity index (χ0n) is 17.4. The van der Waals surface area contributed by atoms with Crippen LogP contribution in [0.1, 0.15) is 29.2 Å². The summed E-state index contributed by atoms with van der Waals surface area (Å²) in [4.78, 5) is 0. The van der Waals surface area contributed by atoms with Crippen molar-refractivity contribution < 1.29 is 48.2 Å². The van der Waals surface area contributed by atoms with E-state index in [4.69, 9.17) is 21.1 Å². The first-order chi connectivity index (χ1) is 15.4. The fourth-order valence-electron chi connectivity index (χ4n) is 3.54. The number of ether oxygens (including phenoxy) is 2. The fourth-order valence-corrected chi connectivity index (χ4v) is 3.84. The van der Waals surface area contributed by atoms with Gasteiger partial charge >= 0.3 is 6.18 Å². The summed E-state index contributed by atoms with van der Waals surface area (Å²) in [6.07, 6.45) is -13.4. The first kappa shape index (κ1) is 25.7. The van der Waals surface area contributed by atoms with Crippen molar-refractivity contribution in [3.63, 3.8) is 0 Å². The van der Waals surface area contributed by atoms with E-state index in [0.29, 0.717) is 16.7 Å². The molecule has 2 aromatic rings. The van der Waals surface area contributed by atoms with E-state index < -0.39 is 55.2 Å². The Morgan fingerprint density at radius 2 is 1.67 bits per heavy atom. The largest absolute Gasteiger partial charge is 0.462 e. The minimum absolute atomic E-state index is 0.0448. The molecule has 0 amide bonds. The zero-order chi connectivity index (χ0) is 24.5. The van der Waals surface area contributed by atoms with Gasteiger partial charge in [0, 0.05) is 17.0 Å². The predicted octanol–water partition coefficient (Wildman–Crippen LogP) is 2.01. The molecular formula is C22H24ClF3O7. The monoisotopic (exact) mass is 492 g/mol. The van der Waals surface area contributed by atoms with Crippen molar-refractivity contribution in [3.05, 3.63) is 63.7 Å². The molecule has 0 aliphatic carbocycles. The van der Waals surface area contributed by atoms with E-state index in [2.05, 4.69) is 0 Å². The first-order valence-electron chi connectivity index (χ1n) is 10.0. The normalized spacial score (nSPS) is 26.8. The van der Waals surface area contributed by atoms with Crippen molar-refractivity contribution in [2.45, 2.75) is 62.9 Å². The highest BCUT2D eigenvalue weighted by molar-refractivity contribution is 6.31. The van der Waals surface area contributed by atoms with E-state index in [1.165, 1.54) is 31.2 Å². The number of aliphatic hydroxyl groups excluding tert-OH is 5. The Hall–Kier alpha value is -1.92. The van der Waals surface area contributed by atoms with Gasteiger partial charge in [0.2, 0.25) is 6.29 Å². The lowest BCUT2D eigenvalue weighted by Crippen LogP contribution is -2.61. The molecule has 0 bridgehead atoms. The second-order valence-electron chi connectivity index (χ2n) is 7.88. The summed E-state index contributed by atoms with van der Waals surface area (Å²) in [5.41, 5.74) is 0.358. The van der Waals surface area contributed by atoms with Crippen molar-refractivity contribution in [2.75, 3.05) is 0 Å². The van der Waals surface area contributed by atoms with Gasteiger partial charge < -0.3 is 35.0 Å². The Kier molecular flexibility index (Phi) is 7.90. The van der Waals surface area contributed by atoms with Gasteiger partial charge in [0.05, 0.1) is 18.3 Å². The van der Waals surface area contributed by atoms with Crippen molar-refractivity contribution >= 4 is 11.6 Å². The molecule has 7 nitrogen and oxygen atoms in total. The minimum atomic E-state index is -4.48. The lowest BCUT2D eigenvalue weighted by molar-refractivity contribution is -0.286. The molecule has 182 valence electrons. The van der Waals surface area contributed by atoms with Gasteiger partial charge in [-0.2, -0.15) is 13.2 Å². The van der Waals surface area contributed by atoms with Crippen molar-refractivity contribution in [1.29, 1.82) is 0 Å². The molecule has 0 saturated carbocycles. The zero-order valence-corrected chi connectivity index (χ0v) is 18.2. The molecule has 0 radical (unpaired) electrons. The highest BCUT2D eigenvalue weighted by atomic mass is 35.5. The summed E-state index contributed by atoms with van der Waals surface area (Å²) >= 11 is 6.35. The third kappa shape index (κ3) is 5.78. The van der Waals surface area contributed by atoms with Crippen molar-refractivity contribution in [1.82, 2.24) is 0 Å². The van der Waals surface area contributed by atoms with Gasteiger partial charge in [-0.3, -0.25) is 0 Å². The Bertz CT molecular complexity index is 952. The van der Waals surface area contributed by atoms with E-state index in [1.54, 1.807) is 0 Å². The van der Waals surface area contributed by atoms with Gasteiger partial charge in [0.1, 0.15) is 30.2 Å². The Labute approximate surface area is 192 Å². The molecule has 1 saturated heterocycles. The standard InChI is InChI=1S/C22H24ClF3O7/c1-10(28)20-18(30)17(29)19(31)21(33-20)32-16-8-12(9-27)7-15(23)14(16)6-11-2-4-13(5-3-11)22(24,25)26/h2-5,7-8,10,17-21,27-31H,6,9H2,1H3/t10-,17+,18+,19-,20-,21-/m1/s1. The smallest absolute Gasteiger partial charge is 0.416 e. The molecule has 1 aliphatic rings. The molecule has 0 unspecified atom stereocenters. The summed E-state index contributed by atoms with van der Waals surface area (Å²) in [5, 5.41) is 50.0. The number of hydrogen-bond donors (Lipinski definition) is 5. The summed E-state index contributed by atoms with van der Waals surface area (Å²) in [7, 11) is 0. The number of alkyl halides is 3. The van der Waals surface area contributed by atoms with Gasteiger partial charge in [-0.1, -0.05) is 23.7 Å². The van der Waals surface area contributed by atoms with Crippen LogP contribution in [0.25, 0.3) is 0 Å². The van der Waals surface area contributed by atoms with Crippen LogP contribution in [-0.2, 0) is 23.9 Å². The van der Waals surface area contributed by atoms with Crippen molar-refractivity contribution in [2.24, 2.45) is 0 Å². The lowest BCUT2D eigenvalue weighted by atomic mass is 9.96. The van der Waals surface area contributed by atoms with Gasteiger partial charge in [-0.05, 0) is 42.3 Å². The third-order valence-electron chi connectivity index (χ3n) is 5.38. The lowest BCUT2D eigenvalue weighted by Gasteiger charge is -2.41. The van der Waals surface area contributed by atoms with E-state index in [-0.39, 0.29) is 17.2 Å². The first-order valence-corrected chi connectivity index (χ1v) is 10.4. The SMILES string of the molecule is C[C@@H](O)[C@H]1O[C@@H](Oc2cc(CO)cc(Cl)c2Cc2ccc(C(F)(F)F)cc2)[C@H](O)[C@@H](O)[C@@H]1O. The fraction of sp³-hybridized carbons (Fsp3) is 0.455. The molecular weight excluding hydrogens is 469 g/mol. The van der Waals surface area contributed by atoms with Crippen LogP contribution < -0.4 is 4.74 Å². The summed E-state index contributed by atoms with van der Waals surface area (Å²) in [6.45, 7) is 0.928. The topological polar surface area (TPSA) is 120 Å². The second-order valence-corrected chi connectivity index (χ2v) is 8.29. The molecule has 0 spiro atoms. The molecule has 1 fully saturated rings. The van der Waals surface area contributed by atoms with Crippen LogP contribution in [-0.4, -0.2) is 62.3 Å². The molecule has 11 heteroatoms. The second kappa shape index (κ2) is 10.1. The van der Waals surface area contributed by atoms with E-state index in [1.807, 2.05) is 0 Å². The minimum Gasteiger partial charge on any atom is -0.462 e. The van der Waals surface area contributed by atoms with Crippen LogP contribution in [0.5, 0.6) is 5.75 Å². The maximum Gasteiger partial charge on any atom is 0.416 e. The number of rotatable bonds is 6. The van der Waals surface area contributed by atoms with Crippen LogP contribution in [0.15, 0.2) is 36.4 Å². The molecule has 1 heterocycles. The Morgan fingerprint density at radius 1 is 1.03 bits per heavy atom. The number of hydrogen-bond acceptors (Lipinski definition) is 7. The van der Waals surface area contributed by atoms with Crippen LogP contribution >= 0.6 is 11.6 Å². The quantitative estimate of drug-likeness (QED) is 0.418. The summed E-state index contributed by atoms with van der Waals surface area (Å²) in [5.74, 6) is 0.0448. The highest BCUT2D eigenvalue weighted by Gasteiger charge is 2.46.